The summed E-state index contributed by atoms with van der Waals surface area (Å²) in [5, 5.41) is 3.18. The van der Waals surface area contributed by atoms with Crippen molar-refractivity contribution in [2.75, 3.05) is 7.05 Å². The van der Waals surface area contributed by atoms with E-state index in [1.807, 2.05) is 38.1 Å². The SMILES string of the molecule is CNC(=O)[C@@H](C)OC(=O)c1cc(C(C)C)nc2ccccc12. The third kappa shape index (κ3) is 3.24. The van der Waals surface area contributed by atoms with E-state index in [1.54, 1.807) is 13.0 Å². The lowest BCUT2D eigenvalue weighted by Gasteiger charge is -2.14. The number of para-hydroxylation sites is 1. The number of likely N-dealkylation sites (N-methyl/N-ethyl adjacent to an activating group) is 1. The van der Waals surface area contributed by atoms with E-state index < -0.39 is 12.1 Å². The molecule has 5 nitrogen and oxygen atoms in total. The van der Waals surface area contributed by atoms with Gasteiger partial charge in [0.25, 0.3) is 5.91 Å². The Morgan fingerprint density at radius 2 is 1.86 bits per heavy atom. The number of carbonyl (C=O) groups excluding carboxylic acids is 2. The van der Waals surface area contributed by atoms with Gasteiger partial charge in [-0.25, -0.2) is 4.79 Å². The maximum absolute atomic E-state index is 12.4. The Morgan fingerprint density at radius 1 is 1.18 bits per heavy atom. The summed E-state index contributed by atoms with van der Waals surface area (Å²) in [7, 11) is 1.51. The lowest BCUT2D eigenvalue weighted by Crippen LogP contribution is -2.33. The average Bonchev–Trinajstić information content (AvgIpc) is 2.52. The molecule has 1 N–H and O–H groups in total. The maximum Gasteiger partial charge on any atom is 0.339 e. The zero-order valence-electron chi connectivity index (χ0n) is 13.2. The number of hydrogen-bond donors (Lipinski definition) is 1. The molecule has 1 aromatic heterocycles. The van der Waals surface area contributed by atoms with Crippen LogP contribution < -0.4 is 5.32 Å². The predicted molar refractivity (Wildman–Crippen MR) is 84.8 cm³/mol. The number of nitrogens with zero attached hydrogens (tertiary/aromatic N) is 1. The highest BCUT2D eigenvalue weighted by Gasteiger charge is 2.20. The van der Waals surface area contributed by atoms with E-state index in [-0.39, 0.29) is 11.8 Å². The highest BCUT2D eigenvalue weighted by atomic mass is 16.5. The number of esters is 1. The normalized spacial score (nSPS) is 12.2. The summed E-state index contributed by atoms with van der Waals surface area (Å²) in [5.41, 5.74) is 2.00. The third-order valence-corrected chi connectivity index (χ3v) is 3.45. The highest BCUT2D eigenvalue weighted by molar-refractivity contribution is 6.04. The van der Waals surface area contributed by atoms with Crippen molar-refractivity contribution in [2.45, 2.75) is 32.8 Å². The predicted octanol–water partition coefficient (Wildman–Crippen LogP) is 2.65. The van der Waals surface area contributed by atoms with Crippen molar-refractivity contribution in [1.82, 2.24) is 10.3 Å². The molecule has 2 rings (SSSR count). The molecule has 0 fully saturated rings. The molecule has 116 valence electrons. The number of rotatable bonds is 4. The van der Waals surface area contributed by atoms with Crippen molar-refractivity contribution in [1.29, 1.82) is 0 Å². The number of amides is 1. The summed E-state index contributed by atoms with van der Waals surface area (Å²) < 4.78 is 5.25. The van der Waals surface area contributed by atoms with Gasteiger partial charge in [-0.3, -0.25) is 9.78 Å². The van der Waals surface area contributed by atoms with Gasteiger partial charge in [0.2, 0.25) is 0 Å². The zero-order valence-corrected chi connectivity index (χ0v) is 13.2. The monoisotopic (exact) mass is 300 g/mol. The molecule has 0 saturated heterocycles. The number of fused-ring (bicyclic) bond motifs is 1. The van der Waals surface area contributed by atoms with E-state index in [9.17, 15) is 9.59 Å². The smallest absolute Gasteiger partial charge is 0.339 e. The van der Waals surface area contributed by atoms with Crippen LogP contribution in [0.25, 0.3) is 10.9 Å². The number of nitrogens with one attached hydrogen (secondary N) is 1. The van der Waals surface area contributed by atoms with Crippen LogP contribution in [-0.2, 0) is 9.53 Å². The van der Waals surface area contributed by atoms with Gasteiger partial charge in [0.1, 0.15) is 0 Å². The molecular formula is C17H20N2O3. The fourth-order valence-corrected chi connectivity index (χ4v) is 2.14. The number of hydrogen-bond acceptors (Lipinski definition) is 4. The Hall–Kier alpha value is -2.43. The van der Waals surface area contributed by atoms with Gasteiger partial charge in [0.15, 0.2) is 6.10 Å². The molecule has 0 aliphatic carbocycles. The largest absolute Gasteiger partial charge is 0.449 e. The Balaban J connectivity index is 2.44. The summed E-state index contributed by atoms with van der Waals surface area (Å²) in [6, 6.07) is 9.15. The van der Waals surface area contributed by atoms with Crippen molar-refractivity contribution in [3.05, 3.63) is 41.6 Å². The van der Waals surface area contributed by atoms with Crippen LogP contribution in [0.1, 0.15) is 42.7 Å². The number of benzene rings is 1. The van der Waals surface area contributed by atoms with E-state index in [0.717, 1.165) is 16.6 Å². The van der Waals surface area contributed by atoms with Gasteiger partial charge in [-0.2, -0.15) is 0 Å². The molecule has 1 atom stereocenters. The van der Waals surface area contributed by atoms with Crippen LogP contribution in [0, 0.1) is 0 Å². The quantitative estimate of drug-likeness (QED) is 0.881. The summed E-state index contributed by atoms with van der Waals surface area (Å²) in [4.78, 5) is 28.5. The minimum Gasteiger partial charge on any atom is -0.449 e. The van der Waals surface area contributed by atoms with Crippen molar-refractivity contribution in [3.63, 3.8) is 0 Å². The Kier molecular flexibility index (Phi) is 4.75. The molecule has 0 saturated carbocycles. The fraction of sp³-hybridized carbons (Fsp3) is 0.353. The minimum atomic E-state index is -0.841. The van der Waals surface area contributed by atoms with Gasteiger partial charge in [-0.05, 0) is 25.0 Å². The Labute approximate surface area is 129 Å². The highest BCUT2D eigenvalue weighted by Crippen LogP contribution is 2.23. The second kappa shape index (κ2) is 6.56. The summed E-state index contributed by atoms with van der Waals surface area (Å²) in [5.74, 6) is -0.667. The van der Waals surface area contributed by atoms with Crippen LogP contribution in [0.15, 0.2) is 30.3 Å². The molecule has 0 unspecified atom stereocenters. The van der Waals surface area contributed by atoms with Crippen molar-refractivity contribution in [3.8, 4) is 0 Å². The number of ether oxygens (including phenoxy) is 1. The van der Waals surface area contributed by atoms with Gasteiger partial charge >= 0.3 is 5.97 Å². The van der Waals surface area contributed by atoms with Crippen LogP contribution in [-0.4, -0.2) is 30.0 Å². The van der Waals surface area contributed by atoms with Gasteiger partial charge < -0.3 is 10.1 Å². The second-order valence-corrected chi connectivity index (χ2v) is 5.43. The number of carbonyl (C=O) groups is 2. The van der Waals surface area contributed by atoms with Crippen LogP contribution in [0.5, 0.6) is 0 Å². The van der Waals surface area contributed by atoms with Crippen LogP contribution in [0.3, 0.4) is 0 Å². The molecule has 5 heteroatoms. The van der Waals surface area contributed by atoms with Gasteiger partial charge in [-0.1, -0.05) is 32.0 Å². The topological polar surface area (TPSA) is 68.3 Å². The van der Waals surface area contributed by atoms with Crippen LogP contribution in [0.2, 0.25) is 0 Å². The van der Waals surface area contributed by atoms with E-state index >= 15 is 0 Å². The third-order valence-electron chi connectivity index (χ3n) is 3.45. The van der Waals surface area contributed by atoms with E-state index in [2.05, 4.69) is 10.3 Å². The first kappa shape index (κ1) is 15.9. The summed E-state index contributed by atoms with van der Waals surface area (Å²) >= 11 is 0. The Morgan fingerprint density at radius 3 is 2.50 bits per heavy atom. The van der Waals surface area contributed by atoms with E-state index in [0.29, 0.717) is 5.56 Å². The van der Waals surface area contributed by atoms with Gasteiger partial charge in [-0.15, -0.1) is 0 Å². The molecule has 0 aliphatic rings. The molecule has 2 aromatic rings. The molecule has 0 aliphatic heterocycles. The first-order valence-corrected chi connectivity index (χ1v) is 7.26. The summed E-state index contributed by atoms with van der Waals surface area (Å²) in [6.07, 6.45) is -0.841. The lowest BCUT2D eigenvalue weighted by atomic mass is 10.0. The molecule has 0 bridgehead atoms. The van der Waals surface area contributed by atoms with Crippen molar-refractivity contribution in [2.24, 2.45) is 0 Å². The van der Waals surface area contributed by atoms with E-state index in [1.165, 1.54) is 7.05 Å². The lowest BCUT2D eigenvalue weighted by molar-refractivity contribution is -0.128. The molecule has 0 spiro atoms. The molecule has 0 radical (unpaired) electrons. The maximum atomic E-state index is 12.4. The van der Waals surface area contributed by atoms with Crippen LogP contribution in [0.4, 0.5) is 0 Å². The summed E-state index contributed by atoms with van der Waals surface area (Å²) in [6.45, 7) is 5.57. The van der Waals surface area contributed by atoms with E-state index in [4.69, 9.17) is 4.74 Å². The fourth-order valence-electron chi connectivity index (χ4n) is 2.14. The number of pyridine rings is 1. The average molecular weight is 300 g/mol. The molecule has 1 aromatic carbocycles. The van der Waals surface area contributed by atoms with Gasteiger partial charge in [0.05, 0.1) is 11.1 Å². The van der Waals surface area contributed by atoms with Crippen LogP contribution >= 0.6 is 0 Å². The first-order valence-electron chi connectivity index (χ1n) is 7.26. The van der Waals surface area contributed by atoms with Crippen molar-refractivity contribution < 1.29 is 14.3 Å². The molecule has 1 heterocycles. The number of aromatic nitrogens is 1. The first-order chi connectivity index (χ1) is 10.4. The zero-order chi connectivity index (χ0) is 16.3. The minimum absolute atomic E-state index is 0.188. The van der Waals surface area contributed by atoms with Crippen molar-refractivity contribution >= 4 is 22.8 Å². The Bertz CT molecular complexity index is 710. The second-order valence-electron chi connectivity index (χ2n) is 5.43. The van der Waals surface area contributed by atoms with Gasteiger partial charge in [0, 0.05) is 18.1 Å². The molecular weight excluding hydrogens is 280 g/mol. The standard InChI is InChI=1S/C17H20N2O3/c1-10(2)15-9-13(12-7-5-6-8-14(12)19-15)17(21)22-11(3)16(20)18-4/h5-11H,1-4H3,(H,18,20)/t11-/m1/s1. The molecule has 22 heavy (non-hydrogen) atoms. The molecule has 1 amide bonds.